The first-order chi connectivity index (χ1) is 10.7. The van der Waals surface area contributed by atoms with Crippen LogP contribution in [0.25, 0.3) is 0 Å². The molecule has 23 heavy (non-hydrogen) atoms. The lowest BCUT2D eigenvalue weighted by Gasteiger charge is -2.32. The van der Waals surface area contributed by atoms with E-state index >= 15 is 0 Å². The highest BCUT2D eigenvalue weighted by atomic mass is 16.5. The molecular weight excluding hydrogens is 294 g/mol. The van der Waals surface area contributed by atoms with Crippen molar-refractivity contribution < 1.29 is 19.4 Å². The summed E-state index contributed by atoms with van der Waals surface area (Å²) in [6.45, 7) is 7.66. The lowest BCUT2D eigenvalue weighted by atomic mass is 9.86. The van der Waals surface area contributed by atoms with E-state index in [1.807, 2.05) is 20.8 Å². The van der Waals surface area contributed by atoms with Crippen molar-refractivity contribution in [2.45, 2.75) is 46.1 Å². The number of amides is 1. The Kier molecular flexibility index (Phi) is 6.61. The predicted octanol–water partition coefficient (Wildman–Crippen LogP) is 3.18. The van der Waals surface area contributed by atoms with Gasteiger partial charge in [-0.3, -0.25) is 9.59 Å². The van der Waals surface area contributed by atoms with Gasteiger partial charge in [-0.15, -0.1) is 0 Å². The summed E-state index contributed by atoms with van der Waals surface area (Å²) in [6.07, 6.45) is 0.697. The molecule has 1 aromatic carbocycles. The molecule has 1 rings (SSSR count). The Hall–Kier alpha value is -2.04. The molecule has 1 aromatic rings. The topological polar surface area (TPSA) is 75.6 Å². The zero-order valence-corrected chi connectivity index (χ0v) is 14.6. The Balaban J connectivity index is 3.11. The van der Waals surface area contributed by atoms with Crippen LogP contribution >= 0.6 is 0 Å². The number of methoxy groups -OCH3 is 1. The maximum atomic E-state index is 12.5. The van der Waals surface area contributed by atoms with Gasteiger partial charge in [-0.2, -0.15) is 0 Å². The first-order valence-electron chi connectivity index (χ1n) is 7.91. The Labute approximate surface area is 138 Å². The van der Waals surface area contributed by atoms with Gasteiger partial charge in [0.1, 0.15) is 5.75 Å². The molecule has 128 valence electrons. The van der Waals surface area contributed by atoms with Gasteiger partial charge >= 0.3 is 5.97 Å². The number of ether oxygens (including phenoxy) is 1. The van der Waals surface area contributed by atoms with Gasteiger partial charge in [-0.05, 0) is 30.5 Å². The average Bonchev–Trinajstić information content (AvgIpc) is 2.52. The number of hydrogen-bond acceptors (Lipinski definition) is 3. The molecule has 0 fully saturated rings. The van der Waals surface area contributed by atoms with Crippen LogP contribution in [0.1, 0.15) is 46.1 Å². The van der Waals surface area contributed by atoms with Crippen molar-refractivity contribution in [3.63, 3.8) is 0 Å². The molecule has 0 bridgehead atoms. The largest absolute Gasteiger partial charge is 0.497 e. The third kappa shape index (κ3) is 4.98. The Morgan fingerprint density at radius 1 is 1.35 bits per heavy atom. The first kappa shape index (κ1) is 19.0. The summed E-state index contributed by atoms with van der Waals surface area (Å²) in [5, 5.41) is 12.2. The van der Waals surface area contributed by atoms with Crippen LogP contribution in [0, 0.1) is 11.8 Å². The summed E-state index contributed by atoms with van der Waals surface area (Å²) in [4.78, 5) is 23.8. The standard InChI is InChI=1S/C18H27NO4/c1-6-12(2)13(3)17(22)19-18(4,11-16(20)21)14-8-7-9-15(10-14)23-5/h7-10,12-13H,6,11H2,1-5H3,(H,19,22)(H,20,21). The number of carboxylic acid groups (broad SMARTS) is 1. The van der Waals surface area contributed by atoms with Gasteiger partial charge in [0.25, 0.3) is 0 Å². The molecule has 0 saturated heterocycles. The number of carbonyl (C=O) groups excluding carboxylic acids is 1. The fourth-order valence-electron chi connectivity index (χ4n) is 2.48. The number of aliphatic carboxylic acids is 1. The first-order valence-corrected chi connectivity index (χ1v) is 7.91. The minimum atomic E-state index is -0.987. The second-order valence-corrected chi connectivity index (χ2v) is 6.30. The smallest absolute Gasteiger partial charge is 0.306 e. The maximum Gasteiger partial charge on any atom is 0.306 e. The Bertz CT molecular complexity index is 558. The van der Waals surface area contributed by atoms with Crippen molar-refractivity contribution in [3.05, 3.63) is 29.8 Å². The van der Waals surface area contributed by atoms with Crippen LogP contribution in [-0.2, 0) is 15.1 Å². The van der Waals surface area contributed by atoms with E-state index < -0.39 is 11.5 Å². The number of carboxylic acids is 1. The van der Waals surface area contributed by atoms with Gasteiger partial charge in [-0.25, -0.2) is 0 Å². The predicted molar refractivity (Wildman–Crippen MR) is 89.4 cm³/mol. The molecule has 2 N–H and O–H groups in total. The van der Waals surface area contributed by atoms with Gasteiger partial charge < -0.3 is 15.2 Å². The molecule has 1 amide bonds. The van der Waals surface area contributed by atoms with Crippen molar-refractivity contribution in [2.24, 2.45) is 11.8 Å². The van der Waals surface area contributed by atoms with E-state index in [1.165, 1.54) is 0 Å². The van der Waals surface area contributed by atoms with Crippen LogP contribution in [0.4, 0.5) is 0 Å². The molecular formula is C18H27NO4. The van der Waals surface area contributed by atoms with Crippen LogP contribution < -0.4 is 10.1 Å². The third-order valence-electron chi connectivity index (χ3n) is 4.52. The van der Waals surface area contributed by atoms with Gasteiger partial charge in [0.2, 0.25) is 5.91 Å². The summed E-state index contributed by atoms with van der Waals surface area (Å²) in [5.74, 6) is -0.422. The van der Waals surface area contributed by atoms with Gasteiger partial charge in [0.05, 0.1) is 19.1 Å². The molecule has 5 nitrogen and oxygen atoms in total. The van der Waals surface area contributed by atoms with E-state index in [0.29, 0.717) is 11.3 Å². The molecule has 0 aliphatic rings. The molecule has 0 saturated carbocycles. The number of nitrogens with one attached hydrogen (secondary N) is 1. The second kappa shape index (κ2) is 7.99. The zero-order valence-electron chi connectivity index (χ0n) is 14.6. The third-order valence-corrected chi connectivity index (χ3v) is 4.52. The van der Waals surface area contributed by atoms with Gasteiger partial charge in [0.15, 0.2) is 0 Å². The van der Waals surface area contributed by atoms with Crippen molar-refractivity contribution in [1.82, 2.24) is 5.32 Å². The van der Waals surface area contributed by atoms with E-state index in [-0.39, 0.29) is 24.2 Å². The molecule has 0 aliphatic heterocycles. The lowest BCUT2D eigenvalue weighted by molar-refractivity contribution is -0.139. The second-order valence-electron chi connectivity index (χ2n) is 6.30. The summed E-state index contributed by atoms with van der Waals surface area (Å²) in [7, 11) is 1.55. The van der Waals surface area contributed by atoms with Crippen molar-refractivity contribution >= 4 is 11.9 Å². The van der Waals surface area contributed by atoms with Crippen LogP contribution in [-0.4, -0.2) is 24.1 Å². The highest BCUT2D eigenvalue weighted by Crippen LogP contribution is 2.29. The highest BCUT2D eigenvalue weighted by molar-refractivity contribution is 5.80. The van der Waals surface area contributed by atoms with Crippen LogP contribution in [0.15, 0.2) is 24.3 Å². The number of benzene rings is 1. The monoisotopic (exact) mass is 321 g/mol. The van der Waals surface area contributed by atoms with E-state index in [1.54, 1.807) is 38.3 Å². The van der Waals surface area contributed by atoms with E-state index in [2.05, 4.69) is 5.32 Å². The summed E-state index contributed by atoms with van der Waals surface area (Å²) in [6, 6.07) is 7.14. The molecule has 5 heteroatoms. The van der Waals surface area contributed by atoms with Crippen molar-refractivity contribution in [2.75, 3.05) is 7.11 Å². The average molecular weight is 321 g/mol. The molecule has 3 unspecified atom stereocenters. The Morgan fingerprint density at radius 3 is 2.52 bits per heavy atom. The summed E-state index contributed by atoms with van der Waals surface area (Å²) < 4.78 is 5.20. The summed E-state index contributed by atoms with van der Waals surface area (Å²) >= 11 is 0. The van der Waals surface area contributed by atoms with E-state index in [9.17, 15) is 14.7 Å². The van der Waals surface area contributed by atoms with Gasteiger partial charge in [0, 0.05) is 5.92 Å². The SMILES string of the molecule is CCC(C)C(C)C(=O)NC(C)(CC(=O)O)c1cccc(OC)c1. The van der Waals surface area contributed by atoms with E-state index in [4.69, 9.17) is 4.74 Å². The maximum absolute atomic E-state index is 12.5. The lowest BCUT2D eigenvalue weighted by Crippen LogP contribution is -2.47. The quantitative estimate of drug-likeness (QED) is 0.771. The van der Waals surface area contributed by atoms with Crippen LogP contribution in [0.5, 0.6) is 5.75 Å². The van der Waals surface area contributed by atoms with Crippen LogP contribution in [0.3, 0.4) is 0 Å². The highest BCUT2D eigenvalue weighted by Gasteiger charge is 2.34. The number of hydrogen-bond donors (Lipinski definition) is 2. The fraction of sp³-hybridized carbons (Fsp3) is 0.556. The summed E-state index contributed by atoms with van der Waals surface area (Å²) in [5.41, 5.74) is -0.275. The van der Waals surface area contributed by atoms with Gasteiger partial charge in [-0.1, -0.05) is 39.3 Å². The van der Waals surface area contributed by atoms with E-state index in [0.717, 1.165) is 6.42 Å². The molecule has 0 heterocycles. The molecule has 3 atom stereocenters. The number of carbonyl (C=O) groups is 2. The zero-order chi connectivity index (χ0) is 17.6. The Morgan fingerprint density at radius 2 is 2.00 bits per heavy atom. The number of rotatable bonds is 8. The molecule has 0 spiro atoms. The molecule has 0 radical (unpaired) electrons. The minimum Gasteiger partial charge on any atom is -0.497 e. The molecule has 0 aromatic heterocycles. The van der Waals surface area contributed by atoms with Crippen molar-refractivity contribution in [3.8, 4) is 5.75 Å². The van der Waals surface area contributed by atoms with Crippen molar-refractivity contribution in [1.29, 1.82) is 0 Å². The minimum absolute atomic E-state index is 0.133. The normalized spacial score (nSPS) is 16.0. The molecule has 0 aliphatic carbocycles. The fourth-order valence-corrected chi connectivity index (χ4v) is 2.48. The van der Waals surface area contributed by atoms with Crippen LogP contribution in [0.2, 0.25) is 0 Å².